The molecular formula is C15H23N. The molecule has 0 heterocycles. The van der Waals surface area contributed by atoms with Crippen molar-refractivity contribution in [1.82, 2.24) is 5.32 Å². The normalized spacial score (nSPS) is 17.4. The zero-order valence-corrected chi connectivity index (χ0v) is 10.8. The Bertz CT molecular complexity index is 364. The topological polar surface area (TPSA) is 12.0 Å². The molecule has 0 radical (unpaired) electrons. The van der Waals surface area contributed by atoms with Gasteiger partial charge in [-0.1, -0.05) is 30.7 Å². The highest BCUT2D eigenvalue weighted by Gasteiger charge is 2.39. The van der Waals surface area contributed by atoms with Gasteiger partial charge in [-0.05, 0) is 49.7 Å². The van der Waals surface area contributed by atoms with Gasteiger partial charge in [-0.3, -0.25) is 0 Å². The zero-order valence-electron chi connectivity index (χ0n) is 10.8. The lowest BCUT2D eigenvalue weighted by atomic mass is 10.0. The van der Waals surface area contributed by atoms with Crippen molar-refractivity contribution >= 4 is 0 Å². The van der Waals surface area contributed by atoms with Gasteiger partial charge in [0.15, 0.2) is 0 Å². The Labute approximate surface area is 99.3 Å². The van der Waals surface area contributed by atoms with Crippen molar-refractivity contribution in [2.45, 2.75) is 46.6 Å². The van der Waals surface area contributed by atoms with Gasteiger partial charge in [0.05, 0.1) is 0 Å². The summed E-state index contributed by atoms with van der Waals surface area (Å²) in [5, 5.41) is 3.62. The summed E-state index contributed by atoms with van der Waals surface area (Å²) in [4.78, 5) is 0. The molecule has 1 aromatic rings. The molecule has 2 rings (SSSR count). The van der Waals surface area contributed by atoms with Gasteiger partial charge >= 0.3 is 0 Å². The predicted octanol–water partition coefficient (Wildman–Crippen LogP) is 3.58. The van der Waals surface area contributed by atoms with Gasteiger partial charge in [0.25, 0.3) is 0 Å². The molecule has 1 N–H and O–H groups in total. The first-order valence-corrected chi connectivity index (χ1v) is 6.42. The molecule has 1 aliphatic carbocycles. The molecule has 0 bridgehead atoms. The van der Waals surface area contributed by atoms with Crippen LogP contribution in [0.25, 0.3) is 0 Å². The van der Waals surface area contributed by atoms with E-state index in [1.165, 1.54) is 42.5 Å². The fourth-order valence-corrected chi connectivity index (χ4v) is 2.34. The molecule has 1 saturated carbocycles. The fourth-order valence-electron chi connectivity index (χ4n) is 2.34. The van der Waals surface area contributed by atoms with Crippen molar-refractivity contribution in [3.63, 3.8) is 0 Å². The molecule has 16 heavy (non-hydrogen) atoms. The van der Waals surface area contributed by atoms with Crippen LogP contribution >= 0.6 is 0 Å². The van der Waals surface area contributed by atoms with Crippen molar-refractivity contribution in [3.8, 4) is 0 Å². The average Bonchev–Trinajstić information content (AvgIpc) is 3.02. The molecule has 0 aliphatic heterocycles. The minimum Gasteiger partial charge on any atom is -0.312 e. The Morgan fingerprint density at radius 3 is 2.56 bits per heavy atom. The first-order chi connectivity index (χ1) is 7.65. The van der Waals surface area contributed by atoms with E-state index in [0.29, 0.717) is 5.41 Å². The molecule has 1 aromatic carbocycles. The molecule has 0 amide bonds. The maximum absolute atomic E-state index is 3.62. The number of benzene rings is 1. The summed E-state index contributed by atoms with van der Waals surface area (Å²) in [7, 11) is 0. The second-order valence-electron chi connectivity index (χ2n) is 5.39. The average molecular weight is 217 g/mol. The van der Waals surface area contributed by atoms with Gasteiger partial charge in [0.1, 0.15) is 0 Å². The zero-order chi connectivity index (χ0) is 11.6. The van der Waals surface area contributed by atoms with Crippen LogP contribution in [0.1, 0.15) is 42.9 Å². The smallest absolute Gasteiger partial charge is 0.0208 e. The third kappa shape index (κ3) is 2.65. The minimum atomic E-state index is 0.651. The van der Waals surface area contributed by atoms with Crippen molar-refractivity contribution in [2.75, 3.05) is 6.54 Å². The van der Waals surface area contributed by atoms with E-state index in [0.717, 1.165) is 6.54 Å². The molecule has 0 aromatic heterocycles. The van der Waals surface area contributed by atoms with Crippen LogP contribution in [0.5, 0.6) is 0 Å². The van der Waals surface area contributed by atoms with Crippen molar-refractivity contribution in [1.29, 1.82) is 0 Å². The summed E-state index contributed by atoms with van der Waals surface area (Å²) < 4.78 is 0. The Hall–Kier alpha value is -0.820. The van der Waals surface area contributed by atoms with E-state index in [1.54, 1.807) is 0 Å². The van der Waals surface area contributed by atoms with Gasteiger partial charge in [0.2, 0.25) is 0 Å². The van der Waals surface area contributed by atoms with E-state index >= 15 is 0 Å². The molecule has 1 heteroatoms. The van der Waals surface area contributed by atoms with E-state index in [1.807, 2.05) is 0 Å². The number of nitrogens with one attached hydrogen (secondary N) is 1. The summed E-state index contributed by atoms with van der Waals surface area (Å²) in [5.74, 6) is 0. The standard InChI is InChI=1S/C15H23N/c1-4-15(7-8-15)11-16-10-14-6-5-12(2)9-13(14)3/h5-6,9,16H,4,7-8,10-11H2,1-3H3. The highest BCUT2D eigenvalue weighted by Crippen LogP contribution is 2.47. The molecule has 88 valence electrons. The van der Waals surface area contributed by atoms with Gasteiger partial charge in [-0.15, -0.1) is 0 Å². The first-order valence-electron chi connectivity index (χ1n) is 6.42. The molecule has 1 fully saturated rings. The first kappa shape index (κ1) is 11.7. The van der Waals surface area contributed by atoms with Crippen LogP contribution in [-0.4, -0.2) is 6.54 Å². The van der Waals surface area contributed by atoms with Gasteiger partial charge in [-0.2, -0.15) is 0 Å². The lowest BCUT2D eigenvalue weighted by Gasteiger charge is -2.14. The maximum atomic E-state index is 3.62. The van der Waals surface area contributed by atoms with E-state index in [9.17, 15) is 0 Å². The Kier molecular flexibility index (Phi) is 3.34. The van der Waals surface area contributed by atoms with Gasteiger partial charge in [0, 0.05) is 13.1 Å². The Morgan fingerprint density at radius 1 is 1.25 bits per heavy atom. The van der Waals surface area contributed by atoms with Crippen LogP contribution < -0.4 is 5.32 Å². The third-order valence-electron chi connectivity index (χ3n) is 4.02. The van der Waals surface area contributed by atoms with Crippen LogP contribution in [-0.2, 0) is 6.54 Å². The molecule has 1 nitrogen and oxygen atoms in total. The highest BCUT2D eigenvalue weighted by atomic mass is 14.9. The predicted molar refractivity (Wildman–Crippen MR) is 69.6 cm³/mol. The minimum absolute atomic E-state index is 0.651. The van der Waals surface area contributed by atoms with Crippen molar-refractivity contribution < 1.29 is 0 Å². The molecule has 0 saturated heterocycles. The third-order valence-corrected chi connectivity index (χ3v) is 4.02. The van der Waals surface area contributed by atoms with Gasteiger partial charge in [-0.25, -0.2) is 0 Å². The van der Waals surface area contributed by atoms with E-state index < -0.39 is 0 Å². The summed E-state index contributed by atoms with van der Waals surface area (Å²) in [5.41, 5.74) is 4.86. The number of hydrogen-bond acceptors (Lipinski definition) is 1. The fraction of sp³-hybridized carbons (Fsp3) is 0.600. The van der Waals surface area contributed by atoms with Crippen LogP contribution in [0.4, 0.5) is 0 Å². The summed E-state index contributed by atoms with van der Waals surface area (Å²) in [6.45, 7) is 8.88. The van der Waals surface area contributed by atoms with Crippen molar-refractivity contribution in [2.24, 2.45) is 5.41 Å². The summed E-state index contributed by atoms with van der Waals surface area (Å²) in [6, 6.07) is 6.73. The lowest BCUT2D eigenvalue weighted by molar-refractivity contribution is 0.443. The van der Waals surface area contributed by atoms with Crippen molar-refractivity contribution in [3.05, 3.63) is 34.9 Å². The van der Waals surface area contributed by atoms with Crippen LogP contribution in [0, 0.1) is 19.3 Å². The quantitative estimate of drug-likeness (QED) is 0.795. The van der Waals surface area contributed by atoms with Crippen LogP contribution in [0.3, 0.4) is 0 Å². The van der Waals surface area contributed by atoms with Crippen LogP contribution in [0.15, 0.2) is 18.2 Å². The van der Waals surface area contributed by atoms with Gasteiger partial charge < -0.3 is 5.32 Å². The monoisotopic (exact) mass is 217 g/mol. The number of rotatable bonds is 5. The summed E-state index contributed by atoms with van der Waals surface area (Å²) >= 11 is 0. The second-order valence-corrected chi connectivity index (χ2v) is 5.39. The molecular weight excluding hydrogens is 194 g/mol. The maximum Gasteiger partial charge on any atom is 0.0208 e. The number of aryl methyl sites for hydroxylation is 2. The molecule has 0 spiro atoms. The number of hydrogen-bond donors (Lipinski definition) is 1. The van der Waals surface area contributed by atoms with E-state index in [4.69, 9.17) is 0 Å². The highest BCUT2D eigenvalue weighted by molar-refractivity contribution is 5.30. The molecule has 1 aliphatic rings. The lowest BCUT2D eigenvalue weighted by Crippen LogP contribution is -2.23. The van der Waals surface area contributed by atoms with E-state index in [-0.39, 0.29) is 0 Å². The van der Waals surface area contributed by atoms with Crippen LogP contribution in [0.2, 0.25) is 0 Å². The molecule has 0 atom stereocenters. The largest absolute Gasteiger partial charge is 0.312 e. The SMILES string of the molecule is CCC1(CNCc2ccc(C)cc2C)CC1. The van der Waals surface area contributed by atoms with E-state index in [2.05, 4.69) is 44.3 Å². The molecule has 0 unspecified atom stereocenters. The summed E-state index contributed by atoms with van der Waals surface area (Å²) in [6.07, 6.45) is 4.17. The Morgan fingerprint density at radius 2 is 2.00 bits per heavy atom. The Balaban J connectivity index is 1.85. The second kappa shape index (κ2) is 4.58.